The van der Waals surface area contributed by atoms with Crippen LogP contribution in [0.15, 0.2) is 35.2 Å². The average Bonchev–Trinajstić information content (AvgIpc) is 3.00. The molecule has 8 nitrogen and oxygen atoms in total. The summed E-state index contributed by atoms with van der Waals surface area (Å²) in [6.07, 6.45) is -1.34. The smallest absolute Gasteiger partial charge is 0.255 e. The van der Waals surface area contributed by atoms with E-state index in [2.05, 4.69) is 5.32 Å². The number of hydrogen-bond donors (Lipinski definition) is 4. The molecule has 40 heavy (non-hydrogen) atoms. The number of amides is 1. The van der Waals surface area contributed by atoms with Crippen molar-refractivity contribution >= 4 is 33.0 Å². The number of aliphatic hydroxyl groups excluding tert-OH is 2. The molecule has 0 aromatic heterocycles. The molecule has 0 heterocycles. The van der Waals surface area contributed by atoms with Gasteiger partial charge in [-0.3, -0.25) is 4.79 Å². The van der Waals surface area contributed by atoms with Crippen LogP contribution in [0.25, 0.3) is 0 Å². The normalized spacial score (nSPS) is 27.8. The van der Waals surface area contributed by atoms with Crippen molar-refractivity contribution in [2.45, 2.75) is 61.1 Å². The van der Waals surface area contributed by atoms with Gasteiger partial charge >= 0.3 is 0 Å². The first-order chi connectivity index (χ1) is 18.6. The van der Waals surface area contributed by atoms with E-state index in [0.29, 0.717) is 18.6 Å². The first-order valence-electron chi connectivity index (χ1n) is 12.8. The Morgan fingerprint density at radius 3 is 2.40 bits per heavy atom. The zero-order valence-electron chi connectivity index (χ0n) is 21.8. The van der Waals surface area contributed by atoms with E-state index in [1.807, 2.05) is 6.92 Å². The molecular formula is C27H31ClF3NO7S. The minimum atomic E-state index is -4.09. The van der Waals surface area contributed by atoms with Crippen molar-refractivity contribution in [1.29, 1.82) is 0 Å². The van der Waals surface area contributed by atoms with Crippen LogP contribution in [0.2, 0.25) is 5.02 Å². The molecule has 4 N–H and O–H groups in total. The summed E-state index contributed by atoms with van der Waals surface area (Å²) in [6, 6.07) is 4.75. The molecule has 0 aliphatic heterocycles. The van der Waals surface area contributed by atoms with Gasteiger partial charge in [-0.2, -0.15) is 0 Å². The standard InChI is InChI=1S/C27H31ClF3NO7S/c1-13-5-16-7-18(10-19(13)27(16,36)12-39-11-23(34)14(2)33)40(37,38)24-6-15(3-4-20(24)28)26(35)32-17-8-21(29)25(31)22(30)9-17/h3-4,6,8-9,13-14,16,18-19,23,33-34,36H,5,7,10-12H2,1-2H3,(H,32,35)/t13-,14-,16?,18?,19?,23-,27+/m0/s1. The molecule has 0 spiro atoms. The number of rotatable bonds is 9. The van der Waals surface area contributed by atoms with Crippen LogP contribution in [0.1, 0.15) is 43.5 Å². The molecule has 0 saturated heterocycles. The van der Waals surface area contributed by atoms with E-state index < -0.39 is 68.1 Å². The van der Waals surface area contributed by atoms with Crippen LogP contribution in [0, 0.1) is 35.2 Å². The maximum absolute atomic E-state index is 13.8. The second-order valence-electron chi connectivity index (χ2n) is 10.8. The second kappa shape index (κ2) is 11.6. The minimum Gasteiger partial charge on any atom is -0.391 e. The molecule has 0 radical (unpaired) electrons. The van der Waals surface area contributed by atoms with Crippen molar-refractivity contribution in [3.63, 3.8) is 0 Å². The number of sulfone groups is 1. The molecule has 2 aromatic rings. The van der Waals surface area contributed by atoms with Crippen LogP contribution in [-0.4, -0.2) is 65.9 Å². The fraction of sp³-hybridized carbons (Fsp3) is 0.519. The maximum atomic E-state index is 13.8. The van der Waals surface area contributed by atoms with Gasteiger partial charge in [-0.1, -0.05) is 18.5 Å². The van der Waals surface area contributed by atoms with E-state index in [-0.39, 0.29) is 53.1 Å². The summed E-state index contributed by atoms with van der Waals surface area (Å²) in [7, 11) is -4.09. The van der Waals surface area contributed by atoms with Crippen molar-refractivity contribution in [1.82, 2.24) is 0 Å². The van der Waals surface area contributed by atoms with Gasteiger partial charge < -0.3 is 25.4 Å². The number of ether oxygens (including phenoxy) is 1. The average molecular weight is 606 g/mol. The molecule has 4 rings (SSSR count). The highest BCUT2D eigenvalue weighted by Crippen LogP contribution is 2.54. The highest BCUT2D eigenvalue weighted by atomic mass is 35.5. The van der Waals surface area contributed by atoms with Gasteiger partial charge in [0.05, 0.1) is 40.1 Å². The van der Waals surface area contributed by atoms with Gasteiger partial charge in [0.15, 0.2) is 27.3 Å². The van der Waals surface area contributed by atoms with Crippen molar-refractivity contribution < 1.29 is 46.4 Å². The number of aliphatic hydroxyl groups is 3. The summed E-state index contributed by atoms with van der Waals surface area (Å²) in [5.41, 5.74) is -1.82. The van der Waals surface area contributed by atoms with E-state index in [0.717, 1.165) is 6.07 Å². The van der Waals surface area contributed by atoms with Gasteiger partial charge in [0, 0.05) is 23.4 Å². The molecule has 2 aliphatic rings. The van der Waals surface area contributed by atoms with Gasteiger partial charge in [-0.05, 0) is 62.1 Å². The zero-order chi connectivity index (χ0) is 29.6. The lowest BCUT2D eigenvalue weighted by atomic mass is 9.73. The lowest BCUT2D eigenvalue weighted by molar-refractivity contribution is -0.132. The predicted octanol–water partition coefficient (Wildman–Crippen LogP) is 3.71. The third kappa shape index (κ3) is 5.88. The number of halogens is 4. The van der Waals surface area contributed by atoms with Crippen LogP contribution < -0.4 is 5.32 Å². The Labute approximate surface area is 235 Å². The number of carbonyl (C=O) groups excluding carboxylic acids is 1. The van der Waals surface area contributed by atoms with E-state index in [9.17, 15) is 41.7 Å². The quantitative estimate of drug-likeness (QED) is 0.320. The summed E-state index contributed by atoms with van der Waals surface area (Å²) in [4.78, 5) is 12.5. The molecule has 2 bridgehead atoms. The lowest BCUT2D eigenvalue weighted by Crippen LogP contribution is -2.52. The van der Waals surface area contributed by atoms with Crippen LogP contribution in [0.4, 0.5) is 18.9 Å². The summed E-state index contributed by atoms with van der Waals surface area (Å²) in [5.74, 6) is -6.43. The fourth-order valence-electron chi connectivity index (χ4n) is 5.88. The molecule has 2 aromatic carbocycles. The molecule has 2 fully saturated rings. The van der Waals surface area contributed by atoms with Gasteiger partial charge in [0.2, 0.25) is 0 Å². The number of nitrogens with one attached hydrogen (secondary N) is 1. The van der Waals surface area contributed by atoms with E-state index in [1.165, 1.54) is 19.1 Å². The Bertz CT molecular complexity index is 1370. The third-order valence-corrected chi connectivity index (χ3v) is 10.8. The van der Waals surface area contributed by atoms with Crippen molar-refractivity contribution in [2.24, 2.45) is 17.8 Å². The SMILES string of the molecule is C[C@H](O)[C@@H](O)COC[C@@]1(O)C2CC(S(=O)(=O)c3cc(C(=O)Nc4cc(F)c(F)c(F)c4)ccc3Cl)CC1[C@@H](C)C2. The molecule has 220 valence electrons. The largest absolute Gasteiger partial charge is 0.391 e. The zero-order valence-corrected chi connectivity index (χ0v) is 23.4. The van der Waals surface area contributed by atoms with Crippen molar-refractivity contribution in [3.8, 4) is 0 Å². The van der Waals surface area contributed by atoms with Crippen molar-refractivity contribution in [2.75, 3.05) is 18.5 Å². The summed E-state index contributed by atoms with van der Waals surface area (Å²) in [5, 5.41) is 31.9. The Hall–Kier alpha value is -2.22. The monoisotopic (exact) mass is 605 g/mol. The number of carbonyl (C=O) groups is 1. The van der Waals surface area contributed by atoms with Crippen LogP contribution in [-0.2, 0) is 14.6 Å². The van der Waals surface area contributed by atoms with Gasteiger partial charge in [-0.25, -0.2) is 21.6 Å². The summed E-state index contributed by atoms with van der Waals surface area (Å²) < 4.78 is 73.4. The Balaban J connectivity index is 1.53. The molecule has 3 unspecified atom stereocenters. The molecule has 13 heteroatoms. The number of fused-ring (bicyclic) bond motifs is 2. The van der Waals surface area contributed by atoms with Crippen LogP contribution in [0.3, 0.4) is 0 Å². The molecule has 7 atom stereocenters. The number of benzene rings is 2. The van der Waals surface area contributed by atoms with Gasteiger partial charge in [0.1, 0.15) is 6.10 Å². The van der Waals surface area contributed by atoms with E-state index in [1.54, 1.807) is 0 Å². The Morgan fingerprint density at radius 1 is 1.15 bits per heavy atom. The second-order valence-corrected chi connectivity index (χ2v) is 13.4. The molecule has 1 amide bonds. The minimum absolute atomic E-state index is 0.00965. The lowest BCUT2D eigenvalue weighted by Gasteiger charge is -2.43. The highest BCUT2D eigenvalue weighted by molar-refractivity contribution is 7.92. The first kappa shape index (κ1) is 30.7. The van der Waals surface area contributed by atoms with E-state index in [4.69, 9.17) is 16.3 Å². The highest BCUT2D eigenvalue weighted by Gasteiger charge is 2.58. The van der Waals surface area contributed by atoms with Crippen LogP contribution in [0.5, 0.6) is 0 Å². The Kier molecular flexibility index (Phi) is 8.89. The Morgan fingerprint density at radius 2 is 1.80 bits per heavy atom. The van der Waals surface area contributed by atoms with Gasteiger partial charge in [0.25, 0.3) is 5.91 Å². The van der Waals surface area contributed by atoms with Crippen LogP contribution >= 0.6 is 11.6 Å². The topological polar surface area (TPSA) is 133 Å². The summed E-state index contributed by atoms with van der Waals surface area (Å²) in [6.45, 7) is 3.03. The number of anilines is 1. The third-order valence-electron chi connectivity index (χ3n) is 8.12. The molecular weight excluding hydrogens is 575 g/mol. The summed E-state index contributed by atoms with van der Waals surface area (Å²) >= 11 is 6.26. The molecule has 2 aliphatic carbocycles. The predicted molar refractivity (Wildman–Crippen MR) is 140 cm³/mol. The van der Waals surface area contributed by atoms with Gasteiger partial charge in [-0.15, -0.1) is 0 Å². The maximum Gasteiger partial charge on any atom is 0.255 e. The fourth-order valence-corrected chi connectivity index (χ4v) is 8.26. The number of hydrogen-bond acceptors (Lipinski definition) is 7. The van der Waals surface area contributed by atoms with Crippen molar-refractivity contribution in [3.05, 3.63) is 58.4 Å². The van der Waals surface area contributed by atoms with E-state index >= 15 is 0 Å². The first-order valence-corrected chi connectivity index (χ1v) is 14.7. The molecule has 2 saturated carbocycles.